The Bertz CT molecular complexity index is 363. The zero-order chi connectivity index (χ0) is 16.0. The zero-order valence-corrected chi connectivity index (χ0v) is 13.3. The minimum absolute atomic E-state index is 0.240. The van der Waals surface area contributed by atoms with E-state index < -0.39 is 49.3 Å². The summed E-state index contributed by atoms with van der Waals surface area (Å²) in [5.74, 6) is -1.29. The Morgan fingerprint density at radius 1 is 1.19 bits per heavy atom. The number of ether oxygens (including phenoxy) is 4. The normalized spacial score (nSPS) is 32.5. The molecule has 9 heteroatoms. The second kappa shape index (κ2) is 8.64. The van der Waals surface area contributed by atoms with Crippen LogP contribution in [0, 0.1) is 0 Å². The predicted molar refractivity (Wildman–Crippen MR) is 72.6 cm³/mol. The van der Waals surface area contributed by atoms with Crippen LogP contribution < -0.4 is 0 Å². The highest BCUT2D eigenvalue weighted by Gasteiger charge is 2.49. The van der Waals surface area contributed by atoms with Gasteiger partial charge in [0.2, 0.25) is 0 Å². The van der Waals surface area contributed by atoms with Crippen molar-refractivity contribution in [2.45, 2.75) is 44.6 Å². The lowest BCUT2D eigenvalue weighted by molar-refractivity contribution is -0.304. The number of rotatable bonds is 6. The molecule has 1 aliphatic heterocycles. The zero-order valence-electron chi connectivity index (χ0n) is 11.7. The van der Waals surface area contributed by atoms with Crippen LogP contribution in [0.15, 0.2) is 0 Å². The SMILES string of the molecule is CC(=O)O[C@H]1[C@H](O)[C@@H](CO)OC(OCCBr)[C@H]1OC(C)=O. The summed E-state index contributed by atoms with van der Waals surface area (Å²) in [5.41, 5.74) is 0. The molecule has 0 amide bonds. The number of aliphatic hydroxyl groups is 2. The largest absolute Gasteiger partial charge is 0.455 e. The van der Waals surface area contributed by atoms with Crippen LogP contribution in [0.25, 0.3) is 0 Å². The van der Waals surface area contributed by atoms with Gasteiger partial charge in [0.1, 0.15) is 12.2 Å². The third kappa shape index (κ3) is 5.19. The predicted octanol–water partition coefficient (Wildman–Crippen LogP) is -0.661. The van der Waals surface area contributed by atoms with Crippen LogP contribution in [0.3, 0.4) is 0 Å². The maximum Gasteiger partial charge on any atom is 0.303 e. The molecule has 0 aliphatic carbocycles. The molecule has 0 radical (unpaired) electrons. The van der Waals surface area contributed by atoms with E-state index in [2.05, 4.69) is 15.9 Å². The first-order valence-corrected chi connectivity index (χ1v) is 7.49. The van der Waals surface area contributed by atoms with Gasteiger partial charge in [-0.3, -0.25) is 9.59 Å². The molecule has 0 aromatic carbocycles. The van der Waals surface area contributed by atoms with Crippen molar-refractivity contribution in [1.29, 1.82) is 0 Å². The van der Waals surface area contributed by atoms with Crippen LogP contribution in [0.1, 0.15) is 13.8 Å². The van der Waals surface area contributed by atoms with Crippen molar-refractivity contribution in [2.75, 3.05) is 18.5 Å². The summed E-state index contributed by atoms with van der Waals surface area (Å²) < 4.78 is 20.8. The lowest BCUT2D eigenvalue weighted by Gasteiger charge is -2.42. The summed E-state index contributed by atoms with van der Waals surface area (Å²) in [7, 11) is 0. The van der Waals surface area contributed by atoms with E-state index in [1.165, 1.54) is 6.92 Å². The molecule has 0 saturated carbocycles. The first-order valence-electron chi connectivity index (χ1n) is 6.37. The Kier molecular flexibility index (Phi) is 7.53. The summed E-state index contributed by atoms with van der Waals surface area (Å²) in [6.07, 6.45) is -5.72. The fourth-order valence-corrected chi connectivity index (χ4v) is 2.17. The summed E-state index contributed by atoms with van der Waals surface area (Å²) in [4.78, 5) is 22.4. The quantitative estimate of drug-likeness (QED) is 0.468. The Morgan fingerprint density at radius 2 is 1.76 bits per heavy atom. The van der Waals surface area contributed by atoms with E-state index in [9.17, 15) is 19.8 Å². The van der Waals surface area contributed by atoms with Crippen LogP contribution in [0.4, 0.5) is 0 Å². The average molecular weight is 371 g/mol. The van der Waals surface area contributed by atoms with Crippen LogP contribution in [-0.2, 0) is 28.5 Å². The molecule has 1 saturated heterocycles. The molecule has 2 N–H and O–H groups in total. The van der Waals surface area contributed by atoms with Gasteiger partial charge in [-0.1, -0.05) is 15.9 Å². The van der Waals surface area contributed by atoms with E-state index in [1.807, 2.05) is 0 Å². The smallest absolute Gasteiger partial charge is 0.303 e. The van der Waals surface area contributed by atoms with E-state index in [4.69, 9.17) is 18.9 Å². The van der Waals surface area contributed by atoms with Gasteiger partial charge in [-0.15, -0.1) is 0 Å². The second-order valence-corrected chi connectivity index (χ2v) is 5.22. The number of hydrogen-bond acceptors (Lipinski definition) is 8. The summed E-state index contributed by atoms with van der Waals surface area (Å²) in [5, 5.41) is 19.8. The number of carbonyl (C=O) groups excluding carboxylic acids is 2. The Labute approximate surface area is 130 Å². The van der Waals surface area contributed by atoms with Gasteiger partial charge in [-0.25, -0.2) is 0 Å². The van der Waals surface area contributed by atoms with E-state index in [0.29, 0.717) is 5.33 Å². The third-order valence-corrected chi connectivity index (χ3v) is 3.09. The molecular formula is C12H19BrO8. The minimum atomic E-state index is -1.34. The van der Waals surface area contributed by atoms with Crippen LogP contribution in [0.2, 0.25) is 0 Å². The standard InChI is InChI=1S/C12H19BrO8/c1-6(15)19-10-9(17)8(5-14)21-12(18-4-3-13)11(10)20-7(2)16/h8-12,14,17H,3-5H2,1-2H3/t8-,9-,10+,11+,12?/m1/s1. The molecule has 1 heterocycles. The van der Waals surface area contributed by atoms with Crippen molar-refractivity contribution < 1.29 is 38.7 Å². The highest BCUT2D eigenvalue weighted by atomic mass is 79.9. The van der Waals surface area contributed by atoms with Gasteiger partial charge in [-0.2, -0.15) is 0 Å². The monoisotopic (exact) mass is 370 g/mol. The van der Waals surface area contributed by atoms with Crippen LogP contribution >= 0.6 is 15.9 Å². The number of halogens is 1. The molecule has 1 aliphatic rings. The lowest BCUT2D eigenvalue weighted by atomic mass is 9.98. The molecule has 5 atom stereocenters. The van der Waals surface area contributed by atoms with Gasteiger partial charge in [0.15, 0.2) is 18.5 Å². The summed E-state index contributed by atoms with van der Waals surface area (Å²) >= 11 is 3.17. The van der Waals surface area contributed by atoms with Gasteiger partial charge in [0.05, 0.1) is 13.2 Å². The molecule has 0 spiro atoms. The Hall–Kier alpha value is -0.740. The second-order valence-electron chi connectivity index (χ2n) is 4.42. The minimum Gasteiger partial charge on any atom is -0.455 e. The average Bonchev–Trinajstić information content (AvgIpc) is 2.41. The number of alkyl halides is 1. The lowest BCUT2D eigenvalue weighted by Crippen LogP contribution is -2.61. The molecule has 1 fully saturated rings. The van der Waals surface area contributed by atoms with Gasteiger partial charge in [0.25, 0.3) is 0 Å². The third-order valence-electron chi connectivity index (χ3n) is 2.76. The Balaban J connectivity index is 2.97. The van der Waals surface area contributed by atoms with Crippen molar-refractivity contribution in [3.63, 3.8) is 0 Å². The molecule has 122 valence electrons. The van der Waals surface area contributed by atoms with Crippen LogP contribution in [0.5, 0.6) is 0 Å². The molecule has 0 bridgehead atoms. The molecule has 21 heavy (non-hydrogen) atoms. The molecule has 1 unspecified atom stereocenters. The maximum absolute atomic E-state index is 11.2. The van der Waals surface area contributed by atoms with Crippen molar-refractivity contribution >= 4 is 27.9 Å². The van der Waals surface area contributed by atoms with Crippen molar-refractivity contribution in [2.24, 2.45) is 0 Å². The van der Waals surface area contributed by atoms with E-state index >= 15 is 0 Å². The first kappa shape index (κ1) is 18.3. The van der Waals surface area contributed by atoms with E-state index in [0.717, 1.165) is 6.92 Å². The van der Waals surface area contributed by atoms with E-state index in [1.54, 1.807) is 0 Å². The highest BCUT2D eigenvalue weighted by Crippen LogP contribution is 2.27. The van der Waals surface area contributed by atoms with Crippen LogP contribution in [-0.4, -0.2) is 71.4 Å². The molecule has 0 aromatic heterocycles. The van der Waals surface area contributed by atoms with Crippen molar-refractivity contribution in [1.82, 2.24) is 0 Å². The van der Waals surface area contributed by atoms with Gasteiger partial charge in [0, 0.05) is 19.2 Å². The van der Waals surface area contributed by atoms with Gasteiger partial charge < -0.3 is 29.2 Å². The van der Waals surface area contributed by atoms with Gasteiger partial charge in [-0.05, 0) is 0 Å². The summed E-state index contributed by atoms with van der Waals surface area (Å²) in [6, 6.07) is 0. The number of esters is 2. The number of hydrogen-bond donors (Lipinski definition) is 2. The Morgan fingerprint density at radius 3 is 2.24 bits per heavy atom. The fraction of sp³-hybridized carbons (Fsp3) is 0.833. The molecular weight excluding hydrogens is 352 g/mol. The van der Waals surface area contributed by atoms with Crippen molar-refractivity contribution in [3.05, 3.63) is 0 Å². The summed E-state index contributed by atoms with van der Waals surface area (Å²) in [6.45, 7) is 2.08. The van der Waals surface area contributed by atoms with Crippen molar-refractivity contribution in [3.8, 4) is 0 Å². The topological polar surface area (TPSA) is 112 Å². The first-order chi connectivity index (χ1) is 9.90. The molecule has 1 rings (SSSR count). The molecule has 0 aromatic rings. The number of aliphatic hydroxyl groups excluding tert-OH is 2. The molecule has 8 nitrogen and oxygen atoms in total. The fourth-order valence-electron chi connectivity index (χ4n) is 1.98. The number of carbonyl (C=O) groups is 2. The maximum atomic E-state index is 11.2. The van der Waals surface area contributed by atoms with E-state index in [-0.39, 0.29) is 6.61 Å². The highest BCUT2D eigenvalue weighted by molar-refractivity contribution is 9.09. The van der Waals surface area contributed by atoms with Gasteiger partial charge >= 0.3 is 11.9 Å².